The van der Waals surface area contributed by atoms with Crippen LogP contribution >= 0.6 is 0 Å². The number of amides is 2. The zero-order valence-corrected chi connectivity index (χ0v) is 16.9. The number of methoxy groups -OCH3 is 1. The van der Waals surface area contributed by atoms with Gasteiger partial charge in [0.05, 0.1) is 29.4 Å². The lowest BCUT2D eigenvalue weighted by Crippen LogP contribution is -2.50. The van der Waals surface area contributed by atoms with Gasteiger partial charge in [-0.1, -0.05) is 18.2 Å². The zero-order valence-electron chi connectivity index (χ0n) is 16.9. The number of para-hydroxylation sites is 1. The van der Waals surface area contributed by atoms with E-state index >= 15 is 0 Å². The van der Waals surface area contributed by atoms with Crippen molar-refractivity contribution >= 4 is 28.6 Å². The number of piperazine rings is 1. The minimum absolute atomic E-state index is 0.247. The van der Waals surface area contributed by atoms with Gasteiger partial charge in [-0.25, -0.2) is 14.8 Å². The van der Waals surface area contributed by atoms with Crippen LogP contribution in [0, 0.1) is 18.3 Å². The van der Waals surface area contributed by atoms with Crippen LogP contribution in [-0.4, -0.2) is 54.2 Å². The highest BCUT2D eigenvalue weighted by Crippen LogP contribution is 2.25. The van der Waals surface area contributed by atoms with E-state index in [4.69, 9.17) is 4.74 Å². The maximum absolute atomic E-state index is 12.8. The molecule has 1 aromatic heterocycles. The molecule has 1 fully saturated rings. The van der Waals surface area contributed by atoms with Gasteiger partial charge >= 0.3 is 6.03 Å². The Bertz CT molecular complexity index is 1130. The number of urea groups is 1. The van der Waals surface area contributed by atoms with Crippen LogP contribution in [0.15, 0.2) is 42.5 Å². The van der Waals surface area contributed by atoms with Gasteiger partial charge in [-0.05, 0) is 36.8 Å². The third kappa shape index (κ3) is 3.82. The summed E-state index contributed by atoms with van der Waals surface area (Å²) in [6, 6.07) is 15.2. The average Bonchev–Trinajstić information content (AvgIpc) is 2.78. The topological polar surface area (TPSA) is 94.4 Å². The smallest absolute Gasteiger partial charge is 0.323 e. The van der Waals surface area contributed by atoms with E-state index in [-0.39, 0.29) is 11.9 Å². The van der Waals surface area contributed by atoms with E-state index in [1.165, 1.54) is 7.11 Å². The number of nitriles is 1. The molecule has 0 radical (unpaired) electrons. The van der Waals surface area contributed by atoms with Crippen molar-refractivity contribution in [3.8, 4) is 11.9 Å². The van der Waals surface area contributed by atoms with Crippen molar-refractivity contribution < 1.29 is 9.53 Å². The number of carbonyl (C=O) groups is 1. The lowest BCUT2D eigenvalue weighted by Gasteiger charge is -2.36. The predicted molar refractivity (Wildman–Crippen MR) is 115 cm³/mol. The number of hydrogen-bond acceptors (Lipinski definition) is 6. The number of anilines is 2. The van der Waals surface area contributed by atoms with E-state index in [0.29, 0.717) is 48.6 Å². The van der Waals surface area contributed by atoms with E-state index in [9.17, 15) is 10.1 Å². The van der Waals surface area contributed by atoms with E-state index < -0.39 is 0 Å². The first kappa shape index (κ1) is 19.5. The summed E-state index contributed by atoms with van der Waals surface area (Å²) in [5, 5.41) is 12.2. The maximum Gasteiger partial charge on any atom is 0.323 e. The highest BCUT2D eigenvalue weighted by Gasteiger charge is 2.24. The summed E-state index contributed by atoms with van der Waals surface area (Å²) in [5.74, 6) is 0.583. The molecule has 0 atom stereocenters. The minimum Gasteiger partial charge on any atom is -0.478 e. The fraction of sp³-hybridized carbons (Fsp3) is 0.273. The zero-order chi connectivity index (χ0) is 21.1. The van der Waals surface area contributed by atoms with E-state index in [1.807, 2.05) is 43.3 Å². The summed E-state index contributed by atoms with van der Waals surface area (Å²) < 4.78 is 5.33. The number of rotatable bonds is 3. The third-order valence-electron chi connectivity index (χ3n) is 5.14. The van der Waals surface area contributed by atoms with Crippen molar-refractivity contribution in [3.05, 3.63) is 53.6 Å². The van der Waals surface area contributed by atoms with Gasteiger partial charge in [0, 0.05) is 26.2 Å². The monoisotopic (exact) mass is 402 g/mol. The summed E-state index contributed by atoms with van der Waals surface area (Å²) in [4.78, 5) is 25.7. The second-order valence-corrected chi connectivity index (χ2v) is 7.11. The molecule has 1 aliphatic heterocycles. The SMILES string of the molecule is COc1nc2ccc(C)cc2nc1NC(=O)N1CCN(c2ccccc2C#N)CC1. The van der Waals surface area contributed by atoms with Gasteiger partial charge in [-0.2, -0.15) is 5.26 Å². The molecule has 152 valence electrons. The van der Waals surface area contributed by atoms with Gasteiger partial charge in [0.2, 0.25) is 0 Å². The molecule has 0 saturated carbocycles. The number of nitrogens with zero attached hydrogens (tertiary/aromatic N) is 5. The predicted octanol–water partition coefficient (Wildman–Crippen LogP) is 3.17. The summed E-state index contributed by atoms with van der Waals surface area (Å²) in [6.45, 7) is 4.34. The van der Waals surface area contributed by atoms with Crippen LogP contribution in [0.2, 0.25) is 0 Å². The first-order chi connectivity index (χ1) is 14.6. The molecule has 0 bridgehead atoms. The van der Waals surface area contributed by atoms with Crippen molar-refractivity contribution in [2.24, 2.45) is 0 Å². The van der Waals surface area contributed by atoms with Crippen LogP contribution in [0.25, 0.3) is 11.0 Å². The number of benzene rings is 2. The van der Waals surface area contributed by atoms with Crippen LogP contribution in [0.4, 0.5) is 16.3 Å². The standard InChI is InChI=1S/C22H22N6O2/c1-15-7-8-17-18(13-15)24-20(21(25-17)30-2)26-22(29)28-11-9-27(10-12-28)19-6-4-3-5-16(19)14-23/h3-8,13H,9-12H2,1-2H3,(H,24,26,29). The molecule has 1 saturated heterocycles. The number of ether oxygens (including phenoxy) is 1. The van der Waals surface area contributed by atoms with Gasteiger partial charge in [-0.3, -0.25) is 5.32 Å². The summed E-state index contributed by atoms with van der Waals surface area (Å²) in [7, 11) is 1.51. The molecule has 8 nitrogen and oxygen atoms in total. The highest BCUT2D eigenvalue weighted by atomic mass is 16.5. The Morgan fingerprint density at radius 3 is 2.60 bits per heavy atom. The number of nitrogens with one attached hydrogen (secondary N) is 1. The Labute approximate surface area is 174 Å². The molecule has 0 spiro atoms. The number of aromatic nitrogens is 2. The molecule has 2 aromatic carbocycles. The summed E-state index contributed by atoms with van der Waals surface area (Å²) in [6.07, 6.45) is 0. The van der Waals surface area contributed by atoms with E-state index in [1.54, 1.807) is 11.0 Å². The summed E-state index contributed by atoms with van der Waals surface area (Å²) >= 11 is 0. The lowest BCUT2D eigenvalue weighted by atomic mass is 10.1. The largest absolute Gasteiger partial charge is 0.478 e. The van der Waals surface area contributed by atoms with Gasteiger partial charge in [0.1, 0.15) is 6.07 Å². The fourth-order valence-electron chi connectivity index (χ4n) is 3.55. The molecule has 8 heteroatoms. The van der Waals surface area contributed by atoms with E-state index in [2.05, 4.69) is 26.3 Å². The Morgan fingerprint density at radius 1 is 1.10 bits per heavy atom. The molecule has 4 rings (SSSR count). The Hall–Kier alpha value is -3.86. The second-order valence-electron chi connectivity index (χ2n) is 7.11. The Morgan fingerprint density at radius 2 is 1.87 bits per heavy atom. The van der Waals surface area contributed by atoms with Crippen LogP contribution in [0.3, 0.4) is 0 Å². The summed E-state index contributed by atoms with van der Waals surface area (Å²) in [5.41, 5.74) is 4.01. The normalized spacial score (nSPS) is 13.8. The molecule has 0 unspecified atom stereocenters. The van der Waals surface area contributed by atoms with Crippen molar-refractivity contribution in [1.82, 2.24) is 14.9 Å². The van der Waals surface area contributed by atoms with Crippen LogP contribution in [-0.2, 0) is 0 Å². The quantitative estimate of drug-likeness (QED) is 0.723. The average molecular weight is 402 g/mol. The molecular weight excluding hydrogens is 380 g/mol. The van der Waals surface area contributed by atoms with Crippen molar-refractivity contribution in [2.45, 2.75) is 6.92 Å². The van der Waals surface area contributed by atoms with Gasteiger partial charge in [-0.15, -0.1) is 0 Å². The Kier molecular flexibility index (Phi) is 5.35. The van der Waals surface area contributed by atoms with Gasteiger partial charge in [0.15, 0.2) is 5.82 Å². The minimum atomic E-state index is -0.247. The van der Waals surface area contributed by atoms with Crippen LogP contribution < -0.4 is 15.0 Å². The van der Waals surface area contributed by atoms with Crippen molar-refractivity contribution in [2.75, 3.05) is 43.5 Å². The number of hydrogen-bond donors (Lipinski definition) is 1. The molecule has 1 N–H and O–H groups in total. The molecule has 2 amide bonds. The van der Waals surface area contributed by atoms with E-state index in [0.717, 1.165) is 11.3 Å². The van der Waals surface area contributed by atoms with Crippen molar-refractivity contribution in [3.63, 3.8) is 0 Å². The molecular formula is C22H22N6O2. The fourth-order valence-corrected chi connectivity index (χ4v) is 3.55. The van der Waals surface area contributed by atoms with Gasteiger partial charge in [0.25, 0.3) is 5.88 Å². The van der Waals surface area contributed by atoms with Crippen molar-refractivity contribution in [1.29, 1.82) is 5.26 Å². The first-order valence-corrected chi connectivity index (χ1v) is 9.71. The maximum atomic E-state index is 12.8. The van der Waals surface area contributed by atoms with Crippen LogP contribution in [0.5, 0.6) is 5.88 Å². The molecule has 0 aliphatic carbocycles. The third-order valence-corrected chi connectivity index (χ3v) is 5.14. The van der Waals surface area contributed by atoms with Crippen LogP contribution in [0.1, 0.15) is 11.1 Å². The second kappa shape index (κ2) is 8.25. The number of fused-ring (bicyclic) bond motifs is 1. The molecule has 2 heterocycles. The molecule has 3 aromatic rings. The highest BCUT2D eigenvalue weighted by molar-refractivity contribution is 5.91. The number of carbonyl (C=O) groups excluding carboxylic acids is 1. The molecule has 30 heavy (non-hydrogen) atoms. The van der Waals surface area contributed by atoms with Gasteiger partial charge < -0.3 is 14.5 Å². The Balaban J connectivity index is 1.47. The molecule has 1 aliphatic rings. The first-order valence-electron chi connectivity index (χ1n) is 9.71. The number of aryl methyl sites for hydroxylation is 1. The lowest BCUT2D eigenvalue weighted by molar-refractivity contribution is 0.208.